The molecule has 1 aromatic carbocycles. The summed E-state index contributed by atoms with van der Waals surface area (Å²) in [6, 6.07) is 9.04. The van der Waals surface area contributed by atoms with Crippen LogP contribution in [0.2, 0.25) is 5.02 Å². The van der Waals surface area contributed by atoms with Crippen molar-refractivity contribution < 1.29 is 4.79 Å². The summed E-state index contributed by atoms with van der Waals surface area (Å²) in [6.07, 6.45) is 1.84. The monoisotopic (exact) mass is 387 g/mol. The molecule has 0 spiro atoms. The van der Waals surface area contributed by atoms with Crippen LogP contribution in [0.15, 0.2) is 45.5 Å². The molecule has 5 heteroatoms. The largest absolute Gasteiger partial charge is 0.292 e. The first-order valence-corrected chi connectivity index (χ1v) is 7.12. The third-order valence-corrected chi connectivity index (χ3v) is 3.87. The van der Waals surface area contributed by atoms with E-state index >= 15 is 0 Å². The number of benzene rings is 1. The molecule has 2 aromatic rings. The zero-order valence-electron chi connectivity index (χ0n) is 9.16. The molecule has 0 bridgehead atoms. The minimum Gasteiger partial charge on any atom is -0.292 e. The van der Waals surface area contributed by atoms with E-state index < -0.39 is 0 Å². The number of hydrogen-bond acceptors (Lipinski definition) is 2. The normalized spacial score (nSPS) is 10.4. The standard InChI is InChI=1S/C13H8Br2ClNO/c14-9-4-3-8(11(16)7-9)6-12(18)13-10(15)2-1-5-17-13/h1-5,7H,6H2. The number of ketones is 1. The van der Waals surface area contributed by atoms with Gasteiger partial charge in [-0.3, -0.25) is 9.78 Å². The fourth-order valence-corrected chi connectivity index (χ4v) is 2.73. The van der Waals surface area contributed by atoms with Gasteiger partial charge in [0.1, 0.15) is 5.69 Å². The number of hydrogen-bond donors (Lipinski definition) is 0. The number of aromatic nitrogens is 1. The number of halogens is 3. The molecule has 0 radical (unpaired) electrons. The molecule has 2 rings (SSSR count). The maximum atomic E-state index is 12.1. The first-order chi connectivity index (χ1) is 8.58. The maximum absolute atomic E-state index is 12.1. The van der Waals surface area contributed by atoms with Gasteiger partial charge in [0, 0.05) is 26.6 Å². The number of carbonyl (C=O) groups is 1. The van der Waals surface area contributed by atoms with Crippen molar-refractivity contribution in [3.05, 3.63) is 61.8 Å². The molecule has 0 aliphatic carbocycles. The molecule has 18 heavy (non-hydrogen) atoms. The van der Waals surface area contributed by atoms with Crippen molar-refractivity contribution >= 4 is 49.2 Å². The van der Waals surface area contributed by atoms with Gasteiger partial charge in [-0.05, 0) is 45.8 Å². The third kappa shape index (κ3) is 3.19. The van der Waals surface area contributed by atoms with Crippen molar-refractivity contribution in [1.82, 2.24) is 4.98 Å². The summed E-state index contributed by atoms with van der Waals surface area (Å²) in [5, 5.41) is 0.574. The molecular weight excluding hydrogens is 381 g/mol. The summed E-state index contributed by atoms with van der Waals surface area (Å²) in [4.78, 5) is 16.2. The van der Waals surface area contributed by atoms with E-state index in [9.17, 15) is 4.79 Å². The second-order valence-electron chi connectivity index (χ2n) is 3.67. The molecule has 0 unspecified atom stereocenters. The predicted molar refractivity (Wildman–Crippen MR) is 79.1 cm³/mol. The molecule has 0 aliphatic rings. The van der Waals surface area contributed by atoms with E-state index in [-0.39, 0.29) is 12.2 Å². The van der Waals surface area contributed by atoms with Gasteiger partial charge in [-0.2, -0.15) is 0 Å². The predicted octanol–water partition coefficient (Wildman–Crippen LogP) is 4.69. The maximum Gasteiger partial charge on any atom is 0.186 e. The summed E-state index contributed by atoms with van der Waals surface area (Å²) in [5.74, 6) is -0.0632. The van der Waals surface area contributed by atoms with Crippen LogP contribution in [-0.4, -0.2) is 10.8 Å². The highest BCUT2D eigenvalue weighted by molar-refractivity contribution is 9.10. The molecule has 0 N–H and O–H groups in total. The Labute approximate surface area is 127 Å². The summed E-state index contributed by atoms with van der Waals surface area (Å²) < 4.78 is 1.59. The minimum absolute atomic E-state index is 0.0632. The Hall–Kier alpha value is -0.710. The number of pyridine rings is 1. The molecule has 0 saturated carbocycles. The molecule has 0 fully saturated rings. The molecule has 1 aromatic heterocycles. The van der Waals surface area contributed by atoms with Crippen LogP contribution in [0.1, 0.15) is 16.1 Å². The lowest BCUT2D eigenvalue weighted by molar-refractivity contribution is 0.0987. The van der Waals surface area contributed by atoms with Gasteiger partial charge in [0.15, 0.2) is 5.78 Å². The average molecular weight is 389 g/mol. The fourth-order valence-electron chi connectivity index (χ4n) is 1.51. The molecule has 1 heterocycles. The van der Waals surface area contributed by atoms with E-state index in [4.69, 9.17) is 11.6 Å². The van der Waals surface area contributed by atoms with Crippen LogP contribution in [0.3, 0.4) is 0 Å². The molecule has 0 saturated heterocycles. The van der Waals surface area contributed by atoms with Crippen molar-refractivity contribution in [3.8, 4) is 0 Å². The van der Waals surface area contributed by atoms with Crippen molar-refractivity contribution in [2.24, 2.45) is 0 Å². The number of Topliss-reactive ketones (excluding diaryl/α,β-unsaturated/α-hetero) is 1. The van der Waals surface area contributed by atoms with E-state index in [0.717, 1.165) is 10.0 Å². The Bertz CT molecular complexity index is 601. The molecule has 2 nitrogen and oxygen atoms in total. The lowest BCUT2D eigenvalue weighted by atomic mass is 10.1. The van der Waals surface area contributed by atoms with Crippen LogP contribution < -0.4 is 0 Å². The fraction of sp³-hybridized carbons (Fsp3) is 0.0769. The Morgan fingerprint density at radius 3 is 2.72 bits per heavy atom. The van der Waals surface area contributed by atoms with E-state index in [2.05, 4.69) is 36.8 Å². The molecule has 0 amide bonds. The van der Waals surface area contributed by atoms with Crippen molar-refractivity contribution in [2.75, 3.05) is 0 Å². The van der Waals surface area contributed by atoms with Gasteiger partial charge in [-0.25, -0.2) is 0 Å². The van der Waals surface area contributed by atoms with E-state index in [1.807, 2.05) is 12.1 Å². The Morgan fingerprint density at radius 1 is 1.28 bits per heavy atom. The second kappa shape index (κ2) is 5.95. The quantitative estimate of drug-likeness (QED) is 0.713. The topological polar surface area (TPSA) is 30.0 Å². The first kappa shape index (κ1) is 13.7. The van der Waals surface area contributed by atoms with Crippen molar-refractivity contribution in [3.63, 3.8) is 0 Å². The van der Waals surface area contributed by atoms with E-state index in [1.54, 1.807) is 24.4 Å². The zero-order valence-corrected chi connectivity index (χ0v) is 13.1. The lowest BCUT2D eigenvalue weighted by Crippen LogP contribution is -2.07. The number of nitrogens with zero attached hydrogens (tertiary/aromatic N) is 1. The van der Waals surface area contributed by atoms with Gasteiger partial charge >= 0.3 is 0 Å². The highest BCUT2D eigenvalue weighted by Crippen LogP contribution is 2.23. The molecule has 92 valence electrons. The minimum atomic E-state index is -0.0632. The zero-order chi connectivity index (χ0) is 13.1. The van der Waals surface area contributed by atoms with Crippen LogP contribution in [0.25, 0.3) is 0 Å². The van der Waals surface area contributed by atoms with Crippen LogP contribution in [0.4, 0.5) is 0 Å². The number of carbonyl (C=O) groups excluding carboxylic acids is 1. The van der Waals surface area contributed by atoms with Gasteiger partial charge in [0.25, 0.3) is 0 Å². The van der Waals surface area contributed by atoms with Crippen molar-refractivity contribution in [1.29, 1.82) is 0 Å². The first-order valence-electron chi connectivity index (χ1n) is 5.15. The van der Waals surface area contributed by atoms with Crippen LogP contribution in [0, 0.1) is 0 Å². The van der Waals surface area contributed by atoms with Gasteiger partial charge in [-0.1, -0.05) is 33.6 Å². The SMILES string of the molecule is O=C(Cc1ccc(Br)cc1Cl)c1ncccc1Br. The van der Waals surface area contributed by atoms with Crippen LogP contribution in [0.5, 0.6) is 0 Å². The van der Waals surface area contributed by atoms with E-state index in [0.29, 0.717) is 15.2 Å². The van der Waals surface area contributed by atoms with Crippen molar-refractivity contribution in [2.45, 2.75) is 6.42 Å². The van der Waals surface area contributed by atoms with Gasteiger partial charge in [0.05, 0.1) is 0 Å². The summed E-state index contributed by atoms with van der Waals surface area (Å²) in [6.45, 7) is 0. The Kier molecular flexibility index (Phi) is 4.54. The van der Waals surface area contributed by atoms with Gasteiger partial charge in [0.2, 0.25) is 0 Å². The van der Waals surface area contributed by atoms with Gasteiger partial charge < -0.3 is 0 Å². The third-order valence-electron chi connectivity index (χ3n) is 2.39. The summed E-state index contributed by atoms with van der Waals surface area (Å²) in [7, 11) is 0. The summed E-state index contributed by atoms with van der Waals surface area (Å²) in [5.41, 5.74) is 1.22. The highest BCUT2D eigenvalue weighted by Gasteiger charge is 2.13. The highest BCUT2D eigenvalue weighted by atomic mass is 79.9. The molecular formula is C13H8Br2ClNO. The number of rotatable bonds is 3. The lowest BCUT2D eigenvalue weighted by Gasteiger charge is -2.05. The van der Waals surface area contributed by atoms with Crippen LogP contribution in [-0.2, 0) is 6.42 Å². The molecule has 0 atom stereocenters. The van der Waals surface area contributed by atoms with Crippen LogP contribution >= 0.6 is 43.5 Å². The second-order valence-corrected chi connectivity index (χ2v) is 5.85. The molecule has 0 aliphatic heterocycles. The van der Waals surface area contributed by atoms with Gasteiger partial charge in [-0.15, -0.1) is 0 Å². The average Bonchev–Trinajstić information content (AvgIpc) is 2.33. The summed E-state index contributed by atoms with van der Waals surface area (Å²) >= 11 is 12.7. The van der Waals surface area contributed by atoms with E-state index in [1.165, 1.54) is 0 Å². The Morgan fingerprint density at radius 2 is 2.06 bits per heavy atom. The Balaban J connectivity index is 2.24. The smallest absolute Gasteiger partial charge is 0.186 e.